The molecule has 10 heteroatoms. The van der Waals surface area contributed by atoms with Crippen LogP contribution in [0.2, 0.25) is 0 Å². The van der Waals surface area contributed by atoms with E-state index < -0.39 is 35.5 Å². The number of amides is 2. The normalized spacial score (nSPS) is 11.8. The maximum Gasteiger partial charge on any atom is 0.350 e. The number of carbonyl (C=O) groups is 3. The summed E-state index contributed by atoms with van der Waals surface area (Å²) in [5, 5.41) is 5.45. The topological polar surface area (TPSA) is 97.4 Å². The summed E-state index contributed by atoms with van der Waals surface area (Å²) in [6.45, 7) is 5.58. The number of anilines is 1. The number of hydrogen-bond acceptors (Lipinski definition) is 6. The number of carbonyl (C=O) groups excluding carboxylic acids is 3. The van der Waals surface area contributed by atoms with Crippen LogP contribution < -0.4 is 10.6 Å². The minimum absolute atomic E-state index is 0.0613. The molecule has 0 bridgehead atoms. The van der Waals surface area contributed by atoms with Crippen molar-refractivity contribution in [3.8, 4) is 0 Å². The van der Waals surface area contributed by atoms with Gasteiger partial charge in [-0.2, -0.15) is 0 Å². The number of methoxy groups -OCH3 is 1. The molecule has 0 fully saturated rings. The fourth-order valence-corrected chi connectivity index (χ4v) is 3.95. The van der Waals surface area contributed by atoms with Crippen molar-refractivity contribution in [2.24, 2.45) is 0 Å². The molecular formula is C21H25F2N3O4S. The van der Waals surface area contributed by atoms with Gasteiger partial charge in [0.05, 0.1) is 19.2 Å². The Morgan fingerprint density at radius 3 is 2.35 bits per heavy atom. The second-order valence-corrected chi connectivity index (χ2v) is 8.23. The Hall–Kier alpha value is -2.88. The van der Waals surface area contributed by atoms with Crippen molar-refractivity contribution in [2.45, 2.75) is 52.0 Å². The fourth-order valence-electron chi connectivity index (χ4n) is 2.91. The molecule has 0 saturated heterocycles. The molecule has 2 rings (SSSR count). The molecule has 1 atom stereocenters. The van der Waals surface area contributed by atoms with E-state index >= 15 is 0 Å². The van der Waals surface area contributed by atoms with Gasteiger partial charge in [-0.05, 0) is 30.0 Å². The molecule has 7 nitrogen and oxygen atoms in total. The summed E-state index contributed by atoms with van der Waals surface area (Å²) in [5.41, 5.74) is 0.672. The zero-order chi connectivity index (χ0) is 23.1. The lowest BCUT2D eigenvalue weighted by Gasteiger charge is -2.17. The lowest BCUT2D eigenvalue weighted by atomic mass is 10.1. The van der Waals surface area contributed by atoms with E-state index in [0.29, 0.717) is 23.4 Å². The van der Waals surface area contributed by atoms with Gasteiger partial charge in [-0.1, -0.05) is 38.5 Å². The third kappa shape index (κ3) is 6.81. The summed E-state index contributed by atoms with van der Waals surface area (Å²) in [5.74, 6) is -3.21. The van der Waals surface area contributed by atoms with Crippen LogP contribution in [0.1, 0.15) is 60.5 Å². The first kappa shape index (κ1) is 24.4. The van der Waals surface area contributed by atoms with Crippen molar-refractivity contribution < 1.29 is 27.9 Å². The zero-order valence-corrected chi connectivity index (χ0v) is 18.6. The third-order valence-corrected chi connectivity index (χ3v) is 5.28. The Bertz CT molecular complexity index is 942. The van der Waals surface area contributed by atoms with Crippen LogP contribution in [-0.2, 0) is 20.7 Å². The minimum Gasteiger partial charge on any atom is -0.465 e. The van der Waals surface area contributed by atoms with Gasteiger partial charge in [0.15, 0.2) is 5.13 Å². The molecule has 0 saturated carbocycles. The number of aromatic nitrogens is 1. The Balaban J connectivity index is 2.11. The number of halogens is 2. The van der Waals surface area contributed by atoms with Gasteiger partial charge in [-0.25, -0.2) is 18.6 Å². The number of benzene rings is 1. The Morgan fingerprint density at radius 1 is 1.16 bits per heavy atom. The number of nitrogens with one attached hydrogen (secondary N) is 2. The summed E-state index contributed by atoms with van der Waals surface area (Å²) >= 11 is 0.995. The number of thiazole rings is 1. The van der Waals surface area contributed by atoms with Crippen LogP contribution in [0.25, 0.3) is 0 Å². The molecule has 0 aliphatic heterocycles. The van der Waals surface area contributed by atoms with Gasteiger partial charge in [0.2, 0.25) is 11.8 Å². The molecule has 0 aliphatic carbocycles. The second kappa shape index (κ2) is 10.9. The number of nitrogens with zero attached hydrogens (tertiary/aromatic N) is 1. The summed E-state index contributed by atoms with van der Waals surface area (Å²) < 4.78 is 31.4. The molecule has 2 N–H and O–H groups in total. The number of hydrogen-bond donors (Lipinski definition) is 2. The van der Waals surface area contributed by atoms with Gasteiger partial charge >= 0.3 is 5.97 Å². The monoisotopic (exact) mass is 453 g/mol. The van der Waals surface area contributed by atoms with Crippen LogP contribution >= 0.6 is 11.3 Å². The molecule has 0 unspecified atom stereocenters. The highest BCUT2D eigenvalue weighted by Gasteiger charge is 2.25. The molecule has 1 aromatic heterocycles. The van der Waals surface area contributed by atoms with E-state index in [-0.39, 0.29) is 23.0 Å². The largest absolute Gasteiger partial charge is 0.465 e. The highest BCUT2D eigenvalue weighted by Crippen LogP contribution is 2.29. The standard InChI is InChI=1S/C21H25F2N3O4S/c1-5-6-15(24-16(27)9-12-7-13(22)10-14(23)8-12)19(28)26-21-25-17(11(2)3)18(31-21)20(29)30-4/h7-8,10-11,15H,5-6,9H2,1-4H3,(H,24,27)(H,25,26,28)/t15-/m0/s1. The Morgan fingerprint density at radius 2 is 1.81 bits per heavy atom. The SMILES string of the molecule is CCC[C@H](NC(=O)Cc1cc(F)cc(F)c1)C(=O)Nc1nc(C(C)C)c(C(=O)OC)s1. The van der Waals surface area contributed by atoms with Gasteiger partial charge in [0.25, 0.3) is 0 Å². The van der Waals surface area contributed by atoms with Crippen LogP contribution in [0, 0.1) is 11.6 Å². The van der Waals surface area contributed by atoms with Gasteiger partial charge in [0.1, 0.15) is 22.6 Å². The van der Waals surface area contributed by atoms with Crippen molar-refractivity contribution in [1.29, 1.82) is 0 Å². The first-order valence-corrected chi connectivity index (χ1v) is 10.6. The van der Waals surface area contributed by atoms with E-state index in [4.69, 9.17) is 4.74 Å². The van der Waals surface area contributed by atoms with Crippen LogP contribution in [0.5, 0.6) is 0 Å². The molecule has 31 heavy (non-hydrogen) atoms. The van der Waals surface area contributed by atoms with E-state index in [1.54, 1.807) is 0 Å². The number of ether oxygens (including phenoxy) is 1. The van der Waals surface area contributed by atoms with Crippen LogP contribution in [0.4, 0.5) is 13.9 Å². The first-order chi connectivity index (χ1) is 14.6. The van der Waals surface area contributed by atoms with E-state index in [9.17, 15) is 23.2 Å². The maximum atomic E-state index is 13.3. The van der Waals surface area contributed by atoms with Crippen LogP contribution in [0.3, 0.4) is 0 Å². The lowest BCUT2D eigenvalue weighted by Crippen LogP contribution is -2.44. The molecule has 168 valence electrons. The predicted molar refractivity (Wildman–Crippen MR) is 113 cm³/mol. The molecular weight excluding hydrogens is 428 g/mol. The molecule has 0 spiro atoms. The molecule has 0 radical (unpaired) electrons. The molecule has 1 heterocycles. The van der Waals surface area contributed by atoms with Crippen molar-refractivity contribution >= 4 is 34.3 Å². The summed E-state index contributed by atoms with van der Waals surface area (Å²) in [6.07, 6.45) is 0.681. The quantitative estimate of drug-likeness (QED) is 0.563. The highest BCUT2D eigenvalue weighted by molar-refractivity contribution is 7.17. The summed E-state index contributed by atoms with van der Waals surface area (Å²) in [7, 11) is 1.27. The smallest absolute Gasteiger partial charge is 0.350 e. The number of rotatable bonds is 9. The summed E-state index contributed by atoms with van der Waals surface area (Å²) in [6, 6.07) is 1.98. The van der Waals surface area contributed by atoms with Gasteiger partial charge in [0, 0.05) is 6.07 Å². The van der Waals surface area contributed by atoms with E-state index in [1.807, 2.05) is 20.8 Å². The van der Waals surface area contributed by atoms with Gasteiger partial charge in [-0.15, -0.1) is 0 Å². The van der Waals surface area contributed by atoms with Crippen molar-refractivity contribution in [2.75, 3.05) is 12.4 Å². The van der Waals surface area contributed by atoms with Gasteiger partial charge in [-0.3, -0.25) is 9.59 Å². The number of esters is 1. The van der Waals surface area contributed by atoms with Crippen molar-refractivity contribution in [3.05, 3.63) is 46.0 Å². The minimum atomic E-state index is -0.871. The molecule has 1 aromatic carbocycles. The maximum absolute atomic E-state index is 13.3. The fraction of sp³-hybridized carbons (Fsp3) is 0.429. The molecule has 0 aliphatic rings. The van der Waals surface area contributed by atoms with Crippen molar-refractivity contribution in [3.63, 3.8) is 0 Å². The zero-order valence-electron chi connectivity index (χ0n) is 17.8. The summed E-state index contributed by atoms with van der Waals surface area (Å²) in [4.78, 5) is 41.7. The van der Waals surface area contributed by atoms with Crippen LogP contribution in [-0.4, -0.2) is 35.9 Å². The van der Waals surface area contributed by atoms with Gasteiger partial charge < -0.3 is 15.4 Å². The highest BCUT2D eigenvalue weighted by atomic mass is 32.1. The predicted octanol–water partition coefficient (Wildman–Crippen LogP) is 3.80. The Kier molecular flexibility index (Phi) is 8.61. The van der Waals surface area contributed by atoms with Crippen LogP contribution in [0.15, 0.2) is 18.2 Å². The third-order valence-electron chi connectivity index (χ3n) is 4.32. The average molecular weight is 454 g/mol. The average Bonchev–Trinajstić information content (AvgIpc) is 3.10. The van der Waals surface area contributed by atoms with E-state index in [0.717, 1.165) is 29.5 Å². The first-order valence-electron chi connectivity index (χ1n) is 9.78. The lowest BCUT2D eigenvalue weighted by molar-refractivity contribution is -0.126. The molecule has 2 amide bonds. The van der Waals surface area contributed by atoms with Crippen molar-refractivity contribution in [1.82, 2.24) is 10.3 Å². The van der Waals surface area contributed by atoms with E-state index in [2.05, 4.69) is 15.6 Å². The van der Waals surface area contributed by atoms with E-state index in [1.165, 1.54) is 7.11 Å². The second-order valence-electron chi connectivity index (χ2n) is 7.23. The Labute approximate surface area is 183 Å². The molecule has 2 aromatic rings.